The molecule has 5 rings (SSSR count). The number of anilines is 1. The van der Waals surface area contributed by atoms with Gasteiger partial charge in [-0.05, 0) is 55.3 Å². The van der Waals surface area contributed by atoms with Crippen LogP contribution in [0.2, 0.25) is 0 Å². The molecular formula is C30H26N2O4. The predicted octanol–water partition coefficient (Wildman–Crippen LogP) is 7.02. The molecule has 5 aromatic rings. The molecule has 180 valence electrons. The Morgan fingerprint density at radius 2 is 1.81 bits per heavy atom. The Balaban J connectivity index is 1.54. The van der Waals surface area contributed by atoms with E-state index in [0.717, 1.165) is 55.4 Å². The number of ether oxygens (including phenoxy) is 2. The Morgan fingerprint density at radius 1 is 1.03 bits per heavy atom. The molecule has 0 aliphatic carbocycles. The Kier molecular flexibility index (Phi) is 6.17. The molecule has 0 fully saturated rings. The number of carbonyl (C=O) groups excluding carboxylic acids is 1. The van der Waals surface area contributed by atoms with Gasteiger partial charge in [-0.25, -0.2) is 0 Å². The van der Waals surface area contributed by atoms with Crippen LogP contribution in [-0.2, 0) is 4.79 Å². The molecular weight excluding hydrogens is 452 g/mol. The lowest BCUT2D eigenvalue weighted by Crippen LogP contribution is -2.09. The van der Waals surface area contributed by atoms with Gasteiger partial charge in [-0.2, -0.15) is 0 Å². The molecule has 3 aromatic carbocycles. The van der Waals surface area contributed by atoms with E-state index in [4.69, 9.17) is 13.9 Å². The number of nitrogens with one attached hydrogen (secondary N) is 1. The number of aryl methyl sites for hydroxylation is 1. The Bertz CT molecular complexity index is 1610. The van der Waals surface area contributed by atoms with Crippen LogP contribution in [0.15, 0.2) is 83.6 Å². The fraction of sp³-hybridized carbons (Fsp3) is 0.133. The van der Waals surface area contributed by atoms with Gasteiger partial charge in [0.1, 0.15) is 17.1 Å². The van der Waals surface area contributed by atoms with Gasteiger partial charge < -0.3 is 19.2 Å². The number of hydrogen-bond acceptors (Lipinski definition) is 5. The van der Waals surface area contributed by atoms with E-state index in [1.54, 1.807) is 32.8 Å². The summed E-state index contributed by atoms with van der Waals surface area (Å²) in [5.74, 6) is 1.22. The quantitative estimate of drug-likeness (QED) is 0.266. The molecule has 0 unspecified atom stereocenters. The second kappa shape index (κ2) is 9.58. The molecule has 36 heavy (non-hydrogen) atoms. The van der Waals surface area contributed by atoms with Gasteiger partial charge in [0.15, 0.2) is 0 Å². The van der Waals surface area contributed by atoms with E-state index in [1.165, 1.54) is 0 Å². The number of aromatic nitrogens is 1. The van der Waals surface area contributed by atoms with Gasteiger partial charge in [-0.1, -0.05) is 30.3 Å². The maximum absolute atomic E-state index is 13.0. The standard InChI is InChI=1S/C30H26N2O4/c1-18(15-27(33)32-26-9-5-7-21-8-6-14-31-28(21)26)23-16-24-25(20-10-12-22(34-3)13-11-20)17-36-30(24)19(2)29(23)35-4/h5-17H,1-4H3,(H,32,33)/b18-15+. The molecule has 0 aliphatic rings. The number of rotatable bonds is 6. The fourth-order valence-electron chi connectivity index (χ4n) is 4.51. The fourth-order valence-corrected chi connectivity index (χ4v) is 4.51. The summed E-state index contributed by atoms with van der Waals surface area (Å²) in [6.45, 7) is 3.86. The lowest BCUT2D eigenvalue weighted by molar-refractivity contribution is -0.111. The maximum atomic E-state index is 13.0. The van der Waals surface area contributed by atoms with Crippen molar-refractivity contribution in [3.8, 4) is 22.6 Å². The van der Waals surface area contributed by atoms with E-state index in [1.807, 2.05) is 74.5 Å². The summed E-state index contributed by atoms with van der Waals surface area (Å²) in [5, 5.41) is 4.88. The first-order chi connectivity index (χ1) is 17.5. The zero-order valence-electron chi connectivity index (χ0n) is 20.6. The second-order valence-corrected chi connectivity index (χ2v) is 8.53. The predicted molar refractivity (Wildman–Crippen MR) is 144 cm³/mol. The molecule has 0 saturated carbocycles. The van der Waals surface area contributed by atoms with Crippen LogP contribution < -0.4 is 14.8 Å². The van der Waals surface area contributed by atoms with Crippen molar-refractivity contribution in [1.29, 1.82) is 0 Å². The monoisotopic (exact) mass is 478 g/mol. The molecule has 6 heteroatoms. The van der Waals surface area contributed by atoms with Crippen molar-refractivity contribution in [2.45, 2.75) is 13.8 Å². The van der Waals surface area contributed by atoms with E-state index < -0.39 is 0 Å². The highest BCUT2D eigenvalue weighted by Crippen LogP contribution is 2.40. The summed E-state index contributed by atoms with van der Waals surface area (Å²) < 4.78 is 17.0. The highest BCUT2D eigenvalue weighted by Gasteiger charge is 2.19. The number of amides is 1. The topological polar surface area (TPSA) is 73.6 Å². The second-order valence-electron chi connectivity index (χ2n) is 8.53. The minimum atomic E-state index is -0.243. The van der Waals surface area contributed by atoms with E-state index in [0.29, 0.717) is 11.4 Å². The Morgan fingerprint density at radius 3 is 2.56 bits per heavy atom. The molecule has 2 aromatic heterocycles. The van der Waals surface area contributed by atoms with Crippen LogP contribution in [-0.4, -0.2) is 25.1 Å². The largest absolute Gasteiger partial charge is 0.497 e. The van der Waals surface area contributed by atoms with E-state index >= 15 is 0 Å². The molecule has 0 spiro atoms. The number of fused-ring (bicyclic) bond motifs is 2. The molecule has 2 heterocycles. The number of methoxy groups -OCH3 is 2. The lowest BCUT2D eigenvalue weighted by atomic mass is 9.96. The normalized spacial score (nSPS) is 11.6. The van der Waals surface area contributed by atoms with Crippen LogP contribution in [0.25, 0.3) is 38.6 Å². The molecule has 0 bridgehead atoms. The van der Waals surface area contributed by atoms with Crippen molar-refractivity contribution in [3.05, 3.63) is 90.3 Å². The number of hydrogen-bond donors (Lipinski definition) is 1. The third kappa shape index (κ3) is 4.18. The summed E-state index contributed by atoms with van der Waals surface area (Å²) in [6, 6.07) is 19.4. The lowest BCUT2D eigenvalue weighted by Gasteiger charge is -2.13. The Hall–Kier alpha value is -4.58. The zero-order valence-corrected chi connectivity index (χ0v) is 20.6. The molecule has 0 radical (unpaired) electrons. The minimum Gasteiger partial charge on any atom is -0.497 e. The molecule has 0 aliphatic heterocycles. The summed E-state index contributed by atoms with van der Waals surface area (Å²) in [5.41, 5.74) is 6.59. The number of benzene rings is 3. The van der Waals surface area contributed by atoms with Crippen LogP contribution in [0.4, 0.5) is 5.69 Å². The van der Waals surface area contributed by atoms with Gasteiger partial charge in [-0.3, -0.25) is 9.78 Å². The summed E-state index contributed by atoms with van der Waals surface area (Å²) in [4.78, 5) is 17.4. The molecule has 0 saturated heterocycles. The van der Waals surface area contributed by atoms with Gasteiger partial charge >= 0.3 is 0 Å². The number of para-hydroxylation sites is 1. The van der Waals surface area contributed by atoms with Crippen molar-refractivity contribution < 1.29 is 18.7 Å². The van der Waals surface area contributed by atoms with Crippen LogP contribution >= 0.6 is 0 Å². The number of pyridine rings is 1. The molecule has 1 N–H and O–H groups in total. The average Bonchev–Trinajstić information content (AvgIpc) is 3.33. The third-order valence-electron chi connectivity index (χ3n) is 6.31. The van der Waals surface area contributed by atoms with E-state index in [-0.39, 0.29) is 5.91 Å². The summed E-state index contributed by atoms with van der Waals surface area (Å²) >= 11 is 0. The number of nitrogens with zero attached hydrogens (tertiary/aromatic N) is 1. The van der Waals surface area contributed by atoms with Crippen molar-refractivity contribution >= 4 is 39.0 Å². The average molecular weight is 479 g/mol. The van der Waals surface area contributed by atoms with Gasteiger partial charge in [-0.15, -0.1) is 0 Å². The molecule has 0 atom stereocenters. The highest BCUT2D eigenvalue weighted by atomic mass is 16.5. The summed E-state index contributed by atoms with van der Waals surface area (Å²) in [7, 11) is 3.27. The first-order valence-corrected chi connectivity index (χ1v) is 11.6. The third-order valence-corrected chi connectivity index (χ3v) is 6.31. The van der Waals surface area contributed by atoms with Crippen molar-refractivity contribution in [3.63, 3.8) is 0 Å². The van der Waals surface area contributed by atoms with Crippen molar-refractivity contribution in [2.75, 3.05) is 19.5 Å². The molecule has 1 amide bonds. The first-order valence-electron chi connectivity index (χ1n) is 11.6. The van der Waals surface area contributed by atoms with E-state index in [2.05, 4.69) is 10.3 Å². The van der Waals surface area contributed by atoms with E-state index in [9.17, 15) is 4.79 Å². The Labute approximate surface area is 209 Å². The highest BCUT2D eigenvalue weighted by molar-refractivity contribution is 6.08. The first kappa shape index (κ1) is 23.2. The summed E-state index contributed by atoms with van der Waals surface area (Å²) in [6.07, 6.45) is 5.05. The van der Waals surface area contributed by atoms with Crippen molar-refractivity contribution in [2.24, 2.45) is 0 Å². The van der Waals surface area contributed by atoms with Gasteiger partial charge in [0.05, 0.1) is 31.7 Å². The van der Waals surface area contributed by atoms with Gasteiger partial charge in [0, 0.05) is 39.7 Å². The van der Waals surface area contributed by atoms with Crippen molar-refractivity contribution in [1.82, 2.24) is 4.98 Å². The SMILES string of the molecule is COc1ccc(-c2coc3c(C)c(OC)c(/C(C)=C/C(=O)Nc4cccc5cccnc45)cc23)cc1. The smallest absolute Gasteiger partial charge is 0.248 e. The maximum Gasteiger partial charge on any atom is 0.248 e. The van der Waals surface area contributed by atoms with Crippen LogP contribution in [0.1, 0.15) is 18.1 Å². The number of carbonyl (C=O) groups is 1. The number of allylic oxidation sites excluding steroid dienone is 1. The molecule has 6 nitrogen and oxygen atoms in total. The zero-order chi connectivity index (χ0) is 25.2. The van der Waals surface area contributed by atoms with Crippen LogP contribution in [0, 0.1) is 6.92 Å². The van der Waals surface area contributed by atoms with Crippen LogP contribution in [0.5, 0.6) is 11.5 Å². The van der Waals surface area contributed by atoms with Crippen LogP contribution in [0.3, 0.4) is 0 Å². The van der Waals surface area contributed by atoms with Gasteiger partial charge in [0.2, 0.25) is 5.91 Å². The number of furan rings is 1. The minimum absolute atomic E-state index is 0.243. The van der Waals surface area contributed by atoms with Gasteiger partial charge in [0.25, 0.3) is 0 Å².